The SMILES string of the molecule is CC(=O)c1ccc(NC(=O)CN2CCC(C(=O)O)C2)cc1. The van der Waals surface area contributed by atoms with Gasteiger partial charge >= 0.3 is 5.97 Å². The number of hydrogen-bond donors (Lipinski definition) is 2. The third kappa shape index (κ3) is 4.13. The molecule has 0 aliphatic carbocycles. The summed E-state index contributed by atoms with van der Waals surface area (Å²) in [6, 6.07) is 6.68. The highest BCUT2D eigenvalue weighted by Gasteiger charge is 2.28. The van der Waals surface area contributed by atoms with Crippen molar-refractivity contribution in [1.29, 1.82) is 0 Å². The van der Waals surface area contributed by atoms with E-state index in [0.29, 0.717) is 30.8 Å². The molecule has 1 aliphatic rings. The van der Waals surface area contributed by atoms with Crippen LogP contribution in [0.25, 0.3) is 0 Å². The number of hydrogen-bond acceptors (Lipinski definition) is 4. The maximum absolute atomic E-state index is 11.9. The maximum Gasteiger partial charge on any atom is 0.307 e. The van der Waals surface area contributed by atoms with Crippen molar-refractivity contribution in [3.8, 4) is 0 Å². The molecule has 1 unspecified atom stereocenters. The summed E-state index contributed by atoms with van der Waals surface area (Å²) in [5, 5.41) is 11.7. The van der Waals surface area contributed by atoms with E-state index < -0.39 is 5.97 Å². The molecule has 6 heteroatoms. The van der Waals surface area contributed by atoms with Gasteiger partial charge in [0, 0.05) is 17.8 Å². The Labute approximate surface area is 122 Å². The van der Waals surface area contributed by atoms with Gasteiger partial charge in [0.15, 0.2) is 5.78 Å². The second kappa shape index (κ2) is 6.49. The number of nitrogens with zero attached hydrogens (tertiary/aromatic N) is 1. The van der Waals surface area contributed by atoms with Crippen LogP contribution in [0.1, 0.15) is 23.7 Å². The van der Waals surface area contributed by atoms with Crippen LogP contribution in [0.3, 0.4) is 0 Å². The molecule has 1 aromatic carbocycles. The number of carboxylic acid groups (broad SMARTS) is 1. The summed E-state index contributed by atoms with van der Waals surface area (Å²) in [5.41, 5.74) is 1.22. The Hall–Kier alpha value is -2.21. The first-order valence-corrected chi connectivity index (χ1v) is 6.81. The summed E-state index contributed by atoms with van der Waals surface area (Å²) in [7, 11) is 0. The van der Waals surface area contributed by atoms with Gasteiger partial charge in [0.1, 0.15) is 0 Å². The number of Topliss-reactive ketones (excluding diaryl/α,β-unsaturated/α-hetero) is 1. The fraction of sp³-hybridized carbons (Fsp3) is 0.400. The first kappa shape index (κ1) is 15.2. The van der Waals surface area contributed by atoms with E-state index in [9.17, 15) is 14.4 Å². The molecule has 21 heavy (non-hydrogen) atoms. The molecule has 1 fully saturated rings. The lowest BCUT2D eigenvalue weighted by Crippen LogP contribution is -2.32. The summed E-state index contributed by atoms with van der Waals surface area (Å²) in [5.74, 6) is -1.40. The Morgan fingerprint density at radius 2 is 1.95 bits per heavy atom. The van der Waals surface area contributed by atoms with Gasteiger partial charge < -0.3 is 10.4 Å². The van der Waals surface area contributed by atoms with E-state index in [0.717, 1.165) is 0 Å². The van der Waals surface area contributed by atoms with E-state index in [2.05, 4.69) is 5.32 Å². The Balaban J connectivity index is 1.85. The van der Waals surface area contributed by atoms with Gasteiger partial charge in [0.2, 0.25) is 5.91 Å². The minimum Gasteiger partial charge on any atom is -0.481 e. The molecule has 1 amide bonds. The van der Waals surface area contributed by atoms with E-state index >= 15 is 0 Å². The van der Waals surface area contributed by atoms with Crippen molar-refractivity contribution in [3.05, 3.63) is 29.8 Å². The van der Waals surface area contributed by atoms with Crippen LogP contribution < -0.4 is 5.32 Å². The van der Waals surface area contributed by atoms with Gasteiger partial charge in [-0.1, -0.05) is 0 Å². The Morgan fingerprint density at radius 1 is 1.29 bits per heavy atom. The molecular weight excluding hydrogens is 272 g/mol. The van der Waals surface area contributed by atoms with Gasteiger partial charge in [0.05, 0.1) is 12.5 Å². The summed E-state index contributed by atoms with van der Waals surface area (Å²) in [6.07, 6.45) is 0.579. The second-order valence-corrected chi connectivity index (χ2v) is 5.24. The number of carboxylic acids is 1. The van der Waals surface area contributed by atoms with Gasteiger partial charge in [-0.05, 0) is 44.2 Å². The van der Waals surface area contributed by atoms with Crippen LogP contribution >= 0.6 is 0 Å². The molecule has 0 bridgehead atoms. The molecule has 2 N–H and O–H groups in total. The molecule has 1 heterocycles. The van der Waals surface area contributed by atoms with Crippen LogP contribution in [-0.4, -0.2) is 47.3 Å². The van der Waals surface area contributed by atoms with Crippen molar-refractivity contribution in [2.45, 2.75) is 13.3 Å². The van der Waals surface area contributed by atoms with Gasteiger partial charge in [-0.2, -0.15) is 0 Å². The van der Waals surface area contributed by atoms with E-state index in [1.54, 1.807) is 24.3 Å². The summed E-state index contributed by atoms with van der Waals surface area (Å²) in [6.45, 7) is 2.69. The first-order valence-electron chi connectivity index (χ1n) is 6.81. The normalized spacial score (nSPS) is 18.4. The van der Waals surface area contributed by atoms with Crippen molar-refractivity contribution in [2.24, 2.45) is 5.92 Å². The molecule has 0 aromatic heterocycles. The van der Waals surface area contributed by atoms with Crippen LogP contribution in [0.4, 0.5) is 5.69 Å². The smallest absolute Gasteiger partial charge is 0.307 e. The first-order chi connectivity index (χ1) is 9.95. The van der Waals surface area contributed by atoms with Crippen molar-refractivity contribution in [2.75, 3.05) is 25.0 Å². The quantitative estimate of drug-likeness (QED) is 0.797. The zero-order chi connectivity index (χ0) is 15.4. The molecule has 112 valence electrons. The summed E-state index contributed by atoms with van der Waals surface area (Å²) < 4.78 is 0. The van der Waals surface area contributed by atoms with Gasteiger partial charge in [-0.25, -0.2) is 0 Å². The third-order valence-corrected chi connectivity index (χ3v) is 3.56. The Morgan fingerprint density at radius 3 is 2.48 bits per heavy atom. The highest BCUT2D eigenvalue weighted by Crippen LogP contribution is 2.16. The van der Waals surface area contributed by atoms with Crippen LogP contribution in [0.15, 0.2) is 24.3 Å². The maximum atomic E-state index is 11.9. The van der Waals surface area contributed by atoms with Crippen molar-refractivity contribution in [1.82, 2.24) is 4.90 Å². The van der Waals surface area contributed by atoms with E-state index in [1.165, 1.54) is 6.92 Å². The fourth-order valence-corrected chi connectivity index (χ4v) is 2.37. The Kier molecular flexibility index (Phi) is 4.70. The lowest BCUT2D eigenvalue weighted by atomic mass is 10.1. The lowest BCUT2D eigenvalue weighted by molar-refractivity contribution is -0.141. The molecule has 0 saturated carbocycles. The monoisotopic (exact) mass is 290 g/mol. The van der Waals surface area contributed by atoms with Gasteiger partial charge in [-0.3, -0.25) is 19.3 Å². The minimum absolute atomic E-state index is 0.0235. The summed E-state index contributed by atoms with van der Waals surface area (Å²) in [4.78, 5) is 35.7. The molecule has 1 saturated heterocycles. The molecule has 1 aliphatic heterocycles. The number of ketones is 1. The number of amides is 1. The van der Waals surface area contributed by atoms with E-state index in [-0.39, 0.29) is 24.2 Å². The van der Waals surface area contributed by atoms with Gasteiger partial charge in [-0.15, -0.1) is 0 Å². The zero-order valence-corrected chi connectivity index (χ0v) is 11.8. The molecule has 6 nitrogen and oxygen atoms in total. The number of anilines is 1. The number of carbonyl (C=O) groups is 3. The molecule has 0 spiro atoms. The minimum atomic E-state index is -0.808. The second-order valence-electron chi connectivity index (χ2n) is 5.24. The highest BCUT2D eigenvalue weighted by atomic mass is 16.4. The average Bonchev–Trinajstić information content (AvgIpc) is 2.87. The van der Waals surface area contributed by atoms with E-state index in [4.69, 9.17) is 5.11 Å². The fourth-order valence-electron chi connectivity index (χ4n) is 2.37. The lowest BCUT2D eigenvalue weighted by Gasteiger charge is -2.14. The molecule has 2 rings (SSSR count). The molecule has 1 atom stereocenters. The number of aliphatic carboxylic acids is 1. The van der Waals surface area contributed by atoms with Crippen LogP contribution in [-0.2, 0) is 9.59 Å². The van der Waals surface area contributed by atoms with Crippen LogP contribution in [0.2, 0.25) is 0 Å². The van der Waals surface area contributed by atoms with Crippen molar-refractivity contribution in [3.63, 3.8) is 0 Å². The average molecular weight is 290 g/mol. The largest absolute Gasteiger partial charge is 0.481 e. The molecule has 1 aromatic rings. The highest BCUT2D eigenvalue weighted by molar-refractivity contribution is 5.96. The number of rotatable bonds is 5. The number of likely N-dealkylation sites (tertiary alicyclic amines) is 1. The van der Waals surface area contributed by atoms with Crippen LogP contribution in [0, 0.1) is 5.92 Å². The standard InChI is InChI=1S/C15H18N2O4/c1-10(18)11-2-4-13(5-3-11)16-14(19)9-17-7-6-12(8-17)15(20)21/h2-5,12H,6-9H2,1H3,(H,16,19)(H,20,21). The zero-order valence-electron chi connectivity index (χ0n) is 11.8. The van der Waals surface area contributed by atoms with Crippen molar-refractivity contribution >= 4 is 23.3 Å². The number of carbonyl (C=O) groups excluding carboxylic acids is 2. The van der Waals surface area contributed by atoms with Crippen molar-refractivity contribution < 1.29 is 19.5 Å². The summed E-state index contributed by atoms with van der Waals surface area (Å²) >= 11 is 0. The number of benzene rings is 1. The van der Waals surface area contributed by atoms with E-state index in [1.807, 2.05) is 4.90 Å². The predicted molar refractivity (Wildman–Crippen MR) is 77.3 cm³/mol. The van der Waals surface area contributed by atoms with Crippen LogP contribution in [0.5, 0.6) is 0 Å². The number of nitrogens with one attached hydrogen (secondary N) is 1. The molecule has 0 radical (unpaired) electrons. The Bertz CT molecular complexity index is 553. The third-order valence-electron chi connectivity index (χ3n) is 3.56. The predicted octanol–water partition coefficient (Wildman–Crippen LogP) is 1.23. The molecular formula is C15H18N2O4. The van der Waals surface area contributed by atoms with Gasteiger partial charge in [0.25, 0.3) is 0 Å². The topological polar surface area (TPSA) is 86.7 Å².